The van der Waals surface area contributed by atoms with Gasteiger partial charge < -0.3 is 0 Å². The van der Waals surface area contributed by atoms with Crippen LogP contribution in [0.5, 0.6) is 0 Å². The van der Waals surface area contributed by atoms with Crippen molar-refractivity contribution in [3.63, 3.8) is 0 Å². The largest absolute Gasteiger partial charge is 0.244 e. The summed E-state index contributed by atoms with van der Waals surface area (Å²) in [5, 5.41) is 16.8. The van der Waals surface area contributed by atoms with Gasteiger partial charge >= 0.3 is 0 Å². The zero-order valence-corrected chi connectivity index (χ0v) is 4.42. The fourth-order valence-corrected chi connectivity index (χ4v) is 0.380. The summed E-state index contributed by atoms with van der Waals surface area (Å²) >= 11 is 0. The monoisotopic (exact) mass is 113 g/mol. The Bertz CT molecular complexity index is 172. The predicted molar refractivity (Wildman–Crippen MR) is 23.4 cm³/mol. The maximum atomic E-state index is 10.1. The first-order valence-electron chi connectivity index (χ1n) is 2.20. The van der Waals surface area contributed by atoms with Crippen LogP contribution in [0.4, 0.5) is 0 Å². The third-order valence-corrected chi connectivity index (χ3v) is 0.883. The molecule has 1 heterocycles. The lowest BCUT2D eigenvalue weighted by atomic mass is 10.4. The average molecular weight is 113 g/mol. The molecule has 0 aliphatic rings. The van der Waals surface area contributed by atoms with Crippen molar-refractivity contribution in [2.75, 3.05) is 0 Å². The summed E-state index contributed by atoms with van der Waals surface area (Å²) in [6.07, 6.45) is 0. The van der Waals surface area contributed by atoms with Gasteiger partial charge in [-0.2, -0.15) is 0 Å². The Hall–Kier alpha value is -0.900. The first-order valence-corrected chi connectivity index (χ1v) is 2.20. The van der Waals surface area contributed by atoms with E-state index in [1.807, 2.05) is 0 Å². The molecule has 1 radical (unpaired) electrons. The van der Waals surface area contributed by atoms with E-state index in [1.165, 1.54) is 0 Å². The first kappa shape index (κ1) is 5.24. The molecule has 0 spiro atoms. The topological polar surface area (TPSA) is 58.8 Å². The van der Waals surface area contributed by atoms with Crippen molar-refractivity contribution < 1.29 is 9.74 Å². The van der Waals surface area contributed by atoms with Crippen LogP contribution in [0.15, 0.2) is 4.63 Å². The van der Waals surface area contributed by atoms with E-state index >= 15 is 0 Å². The number of hydrogen-bond acceptors (Lipinski definition) is 3. The molecule has 0 amide bonds. The van der Waals surface area contributed by atoms with Crippen LogP contribution in [0.1, 0.15) is 11.4 Å². The molecule has 0 aromatic carbocycles. The Morgan fingerprint density at radius 3 is 2.62 bits per heavy atom. The summed E-state index contributed by atoms with van der Waals surface area (Å²) < 4.78 is 4.24. The highest BCUT2D eigenvalue weighted by Gasteiger charge is 2.01. The minimum atomic E-state index is -0.352. The van der Waals surface area contributed by atoms with E-state index in [-0.39, 0.29) is 6.61 Å². The standard InChI is InChI=1S/C4H5N2O2/c1-3-4(2-7)6-8-5-3/h2H2,1H3. The lowest BCUT2D eigenvalue weighted by Crippen LogP contribution is -1.83. The number of hydrogen-bond donors (Lipinski definition) is 0. The van der Waals surface area contributed by atoms with E-state index in [9.17, 15) is 5.11 Å². The molecule has 1 aromatic rings. The normalized spacial score (nSPS) is 9.75. The van der Waals surface area contributed by atoms with Gasteiger partial charge in [0, 0.05) is 0 Å². The highest BCUT2D eigenvalue weighted by Crippen LogP contribution is 1.97. The summed E-state index contributed by atoms with van der Waals surface area (Å²) in [4.78, 5) is 0. The van der Waals surface area contributed by atoms with Crippen molar-refractivity contribution in [3.05, 3.63) is 11.4 Å². The Labute approximate surface area is 46.1 Å². The van der Waals surface area contributed by atoms with E-state index in [0.717, 1.165) is 0 Å². The SMILES string of the molecule is Cc1nonc1C[O]. The number of rotatable bonds is 1. The molecule has 4 nitrogen and oxygen atoms in total. The second-order valence-electron chi connectivity index (χ2n) is 1.44. The number of aryl methyl sites for hydroxylation is 1. The third-order valence-electron chi connectivity index (χ3n) is 0.883. The first-order chi connectivity index (χ1) is 3.84. The van der Waals surface area contributed by atoms with Gasteiger partial charge in [-0.3, -0.25) is 0 Å². The molecule has 0 bridgehead atoms. The van der Waals surface area contributed by atoms with E-state index in [2.05, 4.69) is 14.9 Å². The van der Waals surface area contributed by atoms with Gasteiger partial charge in [0.1, 0.15) is 18.0 Å². The minimum Gasteiger partial charge on any atom is -0.244 e. The summed E-state index contributed by atoms with van der Waals surface area (Å²) in [7, 11) is 0. The van der Waals surface area contributed by atoms with Gasteiger partial charge in [-0.05, 0) is 6.92 Å². The zero-order chi connectivity index (χ0) is 5.98. The quantitative estimate of drug-likeness (QED) is 0.526. The molecule has 1 rings (SSSR count). The van der Waals surface area contributed by atoms with Crippen LogP contribution in [0, 0.1) is 6.92 Å². The van der Waals surface area contributed by atoms with Crippen LogP contribution >= 0.6 is 0 Å². The van der Waals surface area contributed by atoms with Gasteiger partial charge in [0.05, 0.1) is 0 Å². The molecule has 0 saturated carbocycles. The molecule has 1 aromatic heterocycles. The molecule has 4 heteroatoms. The van der Waals surface area contributed by atoms with E-state index < -0.39 is 0 Å². The molecule has 0 fully saturated rings. The maximum Gasteiger partial charge on any atom is 0.137 e. The highest BCUT2D eigenvalue weighted by molar-refractivity contribution is 5.01. The van der Waals surface area contributed by atoms with Crippen molar-refractivity contribution in [1.29, 1.82) is 0 Å². The van der Waals surface area contributed by atoms with E-state index in [0.29, 0.717) is 11.4 Å². The van der Waals surface area contributed by atoms with Crippen molar-refractivity contribution in [2.24, 2.45) is 0 Å². The average Bonchev–Trinajstić information content (AvgIpc) is 2.14. The van der Waals surface area contributed by atoms with Gasteiger partial charge in [0.2, 0.25) is 0 Å². The number of nitrogens with zero attached hydrogens (tertiary/aromatic N) is 2. The van der Waals surface area contributed by atoms with Crippen molar-refractivity contribution in [3.8, 4) is 0 Å². The van der Waals surface area contributed by atoms with Crippen LogP contribution in [0.2, 0.25) is 0 Å². The van der Waals surface area contributed by atoms with Gasteiger partial charge in [-0.25, -0.2) is 9.74 Å². The van der Waals surface area contributed by atoms with Gasteiger partial charge in [0.25, 0.3) is 0 Å². The minimum absolute atomic E-state index is 0.352. The van der Waals surface area contributed by atoms with Gasteiger partial charge in [0.15, 0.2) is 0 Å². The molecular formula is C4H5N2O2. The maximum absolute atomic E-state index is 10.1. The molecule has 43 valence electrons. The van der Waals surface area contributed by atoms with Crippen molar-refractivity contribution in [2.45, 2.75) is 13.5 Å². The van der Waals surface area contributed by atoms with Crippen LogP contribution in [-0.2, 0) is 11.7 Å². The third kappa shape index (κ3) is 0.696. The van der Waals surface area contributed by atoms with Crippen LogP contribution < -0.4 is 0 Å². The smallest absolute Gasteiger partial charge is 0.137 e. The Balaban J connectivity index is 2.92. The van der Waals surface area contributed by atoms with E-state index in [4.69, 9.17) is 0 Å². The van der Waals surface area contributed by atoms with E-state index in [1.54, 1.807) is 6.92 Å². The molecule has 0 unspecified atom stereocenters. The lowest BCUT2D eigenvalue weighted by Gasteiger charge is -1.77. The summed E-state index contributed by atoms with van der Waals surface area (Å²) in [5.41, 5.74) is 0.977. The second-order valence-corrected chi connectivity index (χ2v) is 1.44. The second kappa shape index (κ2) is 1.92. The van der Waals surface area contributed by atoms with Crippen LogP contribution in [0.3, 0.4) is 0 Å². The molecule has 0 aliphatic carbocycles. The highest BCUT2D eigenvalue weighted by atomic mass is 16.6. The van der Waals surface area contributed by atoms with Gasteiger partial charge in [-0.15, -0.1) is 0 Å². The molecule has 0 aliphatic heterocycles. The Kier molecular flexibility index (Phi) is 1.26. The van der Waals surface area contributed by atoms with Crippen LogP contribution in [-0.4, -0.2) is 10.3 Å². The molecule has 0 saturated heterocycles. The summed E-state index contributed by atoms with van der Waals surface area (Å²) in [6, 6.07) is 0. The summed E-state index contributed by atoms with van der Waals surface area (Å²) in [5.74, 6) is 0. The fourth-order valence-electron chi connectivity index (χ4n) is 0.380. The predicted octanol–water partition coefficient (Wildman–Crippen LogP) is 0.309. The Morgan fingerprint density at radius 2 is 2.38 bits per heavy atom. The molecule has 0 atom stereocenters. The molecular weight excluding hydrogens is 108 g/mol. The molecule has 0 N–H and O–H groups in total. The molecule has 8 heavy (non-hydrogen) atoms. The summed E-state index contributed by atoms with van der Waals surface area (Å²) in [6.45, 7) is 1.33. The Morgan fingerprint density at radius 1 is 1.62 bits per heavy atom. The van der Waals surface area contributed by atoms with Crippen LogP contribution in [0.25, 0.3) is 0 Å². The number of aromatic nitrogens is 2. The zero-order valence-electron chi connectivity index (χ0n) is 4.42. The van der Waals surface area contributed by atoms with Crippen molar-refractivity contribution in [1.82, 2.24) is 10.3 Å². The lowest BCUT2D eigenvalue weighted by molar-refractivity contribution is 0.167. The van der Waals surface area contributed by atoms with Gasteiger partial charge in [-0.1, -0.05) is 10.3 Å². The fraction of sp³-hybridized carbons (Fsp3) is 0.500. The van der Waals surface area contributed by atoms with Crippen molar-refractivity contribution >= 4 is 0 Å².